The minimum Gasteiger partial charge on any atom is -0.356 e. The Bertz CT molecular complexity index is 372. The second-order valence-corrected chi connectivity index (χ2v) is 5.90. The molecule has 0 saturated heterocycles. The van der Waals surface area contributed by atoms with Crippen LogP contribution < -0.4 is 11.1 Å². The van der Waals surface area contributed by atoms with Crippen LogP contribution in [0, 0.1) is 0 Å². The summed E-state index contributed by atoms with van der Waals surface area (Å²) in [6, 6.07) is 0. The molecule has 0 unspecified atom stereocenters. The highest BCUT2D eigenvalue weighted by Crippen LogP contribution is 2.28. The summed E-state index contributed by atoms with van der Waals surface area (Å²) < 4.78 is 0. The SMILES string of the molecule is NC1(CC(=O)NCCc2cscn2)CCCCC1. The summed E-state index contributed by atoms with van der Waals surface area (Å²) >= 11 is 1.58. The van der Waals surface area contributed by atoms with E-state index in [0.717, 1.165) is 37.8 Å². The molecular weight excluding hydrogens is 246 g/mol. The van der Waals surface area contributed by atoms with Crippen molar-refractivity contribution < 1.29 is 4.79 Å². The number of thiazole rings is 1. The highest BCUT2D eigenvalue weighted by atomic mass is 32.1. The molecule has 2 rings (SSSR count). The van der Waals surface area contributed by atoms with E-state index < -0.39 is 0 Å². The van der Waals surface area contributed by atoms with Crippen molar-refractivity contribution in [2.24, 2.45) is 5.73 Å². The summed E-state index contributed by atoms with van der Waals surface area (Å²) in [5.41, 5.74) is 8.85. The van der Waals surface area contributed by atoms with E-state index in [4.69, 9.17) is 5.73 Å². The zero-order valence-electron chi connectivity index (χ0n) is 10.7. The Morgan fingerprint density at radius 1 is 1.44 bits per heavy atom. The van der Waals surface area contributed by atoms with Crippen LogP contribution in [0.2, 0.25) is 0 Å². The maximum atomic E-state index is 11.8. The largest absolute Gasteiger partial charge is 0.356 e. The van der Waals surface area contributed by atoms with Gasteiger partial charge in [0.25, 0.3) is 0 Å². The van der Waals surface area contributed by atoms with E-state index in [9.17, 15) is 4.79 Å². The van der Waals surface area contributed by atoms with Crippen molar-refractivity contribution in [3.05, 3.63) is 16.6 Å². The zero-order chi connectivity index (χ0) is 12.8. The third kappa shape index (κ3) is 4.07. The molecule has 1 heterocycles. The van der Waals surface area contributed by atoms with E-state index >= 15 is 0 Å². The number of carbonyl (C=O) groups is 1. The van der Waals surface area contributed by atoms with Gasteiger partial charge in [0, 0.05) is 30.3 Å². The maximum absolute atomic E-state index is 11.8. The first-order valence-electron chi connectivity index (χ1n) is 6.61. The van der Waals surface area contributed by atoms with Gasteiger partial charge >= 0.3 is 0 Å². The average Bonchev–Trinajstić information content (AvgIpc) is 2.82. The number of carbonyl (C=O) groups excluding carboxylic acids is 1. The van der Waals surface area contributed by atoms with Crippen molar-refractivity contribution in [3.8, 4) is 0 Å². The summed E-state index contributed by atoms with van der Waals surface area (Å²) in [7, 11) is 0. The number of amides is 1. The Kier molecular flexibility index (Phi) is 4.72. The van der Waals surface area contributed by atoms with Crippen LogP contribution >= 0.6 is 11.3 Å². The second kappa shape index (κ2) is 6.29. The van der Waals surface area contributed by atoms with Crippen molar-refractivity contribution in [2.45, 2.75) is 50.5 Å². The van der Waals surface area contributed by atoms with E-state index in [1.165, 1.54) is 6.42 Å². The summed E-state index contributed by atoms with van der Waals surface area (Å²) in [5.74, 6) is 0.0784. The summed E-state index contributed by atoms with van der Waals surface area (Å²) in [5, 5.41) is 4.95. The first-order valence-corrected chi connectivity index (χ1v) is 7.55. The standard InChI is InChI=1S/C13H21N3OS/c14-13(5-2-1-3-6-13)8-12(17)15-7-4-11-9-18-10-16-11/h9-10H,1-8,14H2,(H,15,17). The summed E-state index contributed by atoms with van der Waals surface area (Å²) in [6.07, 6.45) is 6.78. The Morgan fingerprint density at radius 2 is 2.22 bits per heavy atom. The van der Waals surface area contributed by atoms with E-state index in [2.05, 4.69) is 10.3 Å². The molecule has 1 aliphatic rings. The number of hydrogen-bond donors (Lipinski definition) is 2. The molecule has 18 heavy (non-hydrogen) atoms. The molecule has 1 aromatic heterocycles. The molecule has 0 radical (unpaired) electrons. The first-order chi connectivity index (χ1) is 8.68. The van der Waals surface area contributed by atoms with Crippen LogP contribution in [0.5, 0.6) is 0 Å². The molecule has 1 amide bonds. The fourth-order valence-electron chi connectivity index (χ4n) is 2.51. The molecule has 0 bridgehead atoms. The molecule has 3 N–H and O–H groups in total. The van der Waals surface area contributed by atoms with Gasteiger partial charge in [-0.25, -0.2) is 4.98 Å². The maximum Gasteiger partial charge on any atom is 0.221 e. The number of rotatable bonds is 5. The zero-order valence-corrected chi connectivity index (χ0v) is 11.5. The molecular formula is C13H21N3OS. The molecule has 100 valence electrons. The second-order valence-electron chi connectivity index (χ2n) is 5.18. The quantitative estimate of drug-likeness (QED) is 0.855. The molecule has 4 nitrogen and oxygen atoms in total. The van der Waals surface area contributed by atoms with E-state index in [0.29, 0.717) is 13.0 Å². The number of nitrogens with two attached hydrogens (primary N) is 1. The Morgan fingerprint density at radius 3 is 2.89 bits per heavy atom. The molecule has 1 saturated carbocycles. The van der Waals surface area contributed by atoms with Crippen LogP contribution in [-0.2, 0) is 11.2 Å². The average molecular weight is 267 g/mol. The highest BCUT2D eigenvalue weighted by Gasteiger charge is 2.29. The number of nitrogens with zero attached hydrogens (tertiary/aromatic N) is 1. The van der Waals surface area contributed by atoms with E-state index in [1.807, 2.05) is 10.9 Å². The fraction of sp³-hybridized carbons (Fsp3) is 0.692. The minimum atomic E-state index is -0.261. The molecule has 5 heteroatoms. The lowest BCUT2D eigenvalue weighted by Gasteiger charge is -2.32. The summed E-state index contributed by atoms with van der Waals surface area (Å²) in [4.78, 5) is 16.0. The van der Waals surface area contributed by atoms with Gasteiger partial charge in [-0.3, -0.25) is 4.79 Å². The molecule has 1 fully saturated rings. The Labute approximate surface area is 112 Å². The fourth-order valence-corrected chi connectivity index (χ4v) is 3.10. The van der Waals surface area contributed by atoms with Crippen LogP contribution in [0.4, 0.5) is 0 Å². The van der Waals surface area contributed by atoms with E-state index in [1.54, 1.807) is 11.3 Å². The number of hydrogen-bond acceptors (Lipinski definition) is 4. The molecule has 0 aromatic carbocycles. The van der Waals surface area contributed by atoms with Gasteiger partial charge < -0.3 is 11.1 Å². The molecule has 1 aliphatic carbocycles. The molecule has 1 aromatic rings. The smallest absolute Gasteiger partial charge is 0.221 e. The lowest BCUT2D eigenvalue weighted by molar-refractivity contribution is -0.122. The van der Waals surface area contributed by atoms with Crippen LogP contribution in [-0.4, -0.2) is 23.0 Å². The third-order valence-corrected chi connectivity index (χ3v) is 4.18. The van der Waals surface area contributed by atoms with Gasteiger partial charge in [-0.05, 0) is 12.8 Å². The molecule has 0 spiro atoms. The van der Waals surface area contributed by atoms with Gasteiger partial charge in [0.1, 0.15) is 0 Å². The van der Waals surface area contributed by atoms with Crippen molar-refractivity contribution in [1.82, 2.24) is 10.3 Å². The Hall–Kier alpha value is -0.940. The predicted molar refractivity (Wildman–Crippen MR) is 73.4 cm³/mol. The monoisotopic (exact) mass is 267 g/mol. The predicted octanol–water partition coefficient (Wildman–Crippen LogP) is 1.85. The van der Waals surface area contributed by atoms with Crippen molar-refractivity contribution in [2.75, 3.05) is 6.54 Å². The van der Waals surface area contributed by atoms with Gasteiger partial charge in [0.15, 0.2) is 0 Å². The van der Waals surface area contributed by atoms with Crippen LogP contribution in [0.3, 0.4) is 0 Å². The van der Waals surface area contributed by atoms with Crippen LogP contribution in [0.15, 0.2) is 10.9 Å². The third-order valence-electron chi connectivity index (χ3n) is 3.55. The van der Waals surface area contributed by atoms with Gasteiger partial charge in [-0.2, -0.15) is 0 Å². The van der Waals surface area contributed by atoms with Gasteiger partial charge in [-0.1, -0.05) is 19.3 Å². The van der Waals surface area contributed by atoms with Crippen LogP contribution in [0.25, 0.3) is 0 Å². The van der Waals surface area contributed by atoms with Gasteiger partial charge in [0.2, 0.25) is 5.91 Å². The van der Waals surface area contributed by atoms with Gasteiger partial charge in [-0.15, -0.1) is 11.3 Å². The molecule has 0 atom stereocenters. The van der Waals surface area contributed by atoms with E-state index in [-0.39, 0.29) is 11.4 Å². The summed E-state index contributed by atoms with van der Waals surface area (Å²) in [6.45, 7) is 0.651. The molecule has 0 aliphatic heterocycles. The minimum absolute atomic E-state index is 0.0784. The van der Waals surface area contributed by atoms with Crippen molar-refractivity contribution in [3.63, 3.8) is 0 Å². The lowest BCUT2D eigenvalue weighted by Crippen LogP contribution is -2.46. The lowest BCUT2D eigenvalue weighted by atomic mass is 9.80. The van der Waals surface area contributed by atoms with Crippen molar-refractivity contribution in [1.29, 1.82) is 0 Å². The highest BCUT2D eigenvalue weighted by molar-refractivity contribution is 7.07. The van der Waals surface area contributed by atoms with Crippen LogP contribution in [0.1, 0.15) is 44.2 Å². The normalized spacial score (nSPS) is 18.5. The number of nitrogens with one attached hydrogen (secondary N) is 1. The number of aromatic nitrogens is 1. The topological polar surface area (TPSA) is 68.0 Å². The first kappa shape index (κ1) is 13.5. The Balaban J connectivity index is 1.68. The van der Waals surface area contributed by atoms with Crippen molar-refractivity contribution >= 4 is 17.2 Å². The van der Waals surface area contributed by atoms with Gasteiger partial charge in [0.05, 0.1) is 11.2 Å².